The van der Waals surface area contributed by atoms with E-state index in [1.807, 2.05) is 32.8 Å². The highest BCUT2D eigenvalue weighted by atomic mass is 19.1. The van der Waals surface area contributed by atoms with Crippen LogP contribution in [-0.4, -0.2) is 53.7 Å². The van der Waals surface area contributed by atoms with Gasteiger partial charge in [-0.15, -0.1) is 0 Å². The summed E-state index contributed by atoms with van der Waals surface area (Å²) >= 11 is 0. The number of carbonyl (C=O) groups is 2. The highest BCUT2D eigenvalue weighted by molar-refractivity contribution is 6.02. The lowest BCUT2D eigenvalue weighted by Gasteiger charge is -2.30. The third-order valence-electron chi connectivity index (χ3n) is 5.31. The van der Waals surface area contributed by atoms with E-state index >= 15 is 0 Å². The summed E-state index contributed by atoms with van der Waals surface area (Å²) in [7, 11) is 3.77. The van der Waals surface area contributed by atoms with Gasteiger partial charge in [-0.3, -0.25) is 14.4 Å². The van der Waals surface area contributed by atoms with Gasteiger partial charge in [0.05, 0.1) is 0 Å². The van der Waals surface area contributed by atoms with Crippen molar-refractivity contribution < 1.29 is 14.0 Å². The number of nitrogens with one attached hydrogen (secondary N) is 1. The number of likely N-dealkylation sites (N-methyl/N-ethyl adjacent to an activating group) is 1. The molecule has 0 saturated carbocycles. The van der Waals surface area contributed by atoms with E-state index in [9.17, 15) is 18.8 Å². The molecule has 2 aromatic rings. The van der Waals surface area contributed by atoms with Gasteiger partial charge in [-0.05, 0) is 49.7 Å². The van der Waals surface area contributed by atoms with Gasteiger partial charge in [-0.1, -0.05) is 26.0 Å². The lowest BCUT2D eigenvalue weighted by atomic mass is 9.75. The molecule has 1 heterocycles. The minimum Gasteiger partial charge on any atom is -0.333 e. The number of hydrogen-bond donors (Lipinski definition) is 1. The van der Waals surface area contributed by atoms with E-state index in [-0.39, 0.29) is 29.1 Å². The first kappa shape index (κ1) is 21.9. The summed E-state index contributed by atoms with van der Waals surface area (Å²) in [6.07, 6.45) is 0.943. The Morgan fingerprint density at radius 1 is 1.13 bits per heavy atom. The number of nitrogens with zero attached hydrogens (tertiary/aromatic N) is 2. The van der Waals surface area contributed by atoms with Crippen LogP contribution in [0.5, 0.6) is 0 Å². The Balaban J connectivity index is 1.95. The smallest absolute Gasteiger partial charge is 0.261 e. The van der Waals surface area contributed by atoms with Crippen LogP contribution in [0.4, 0.5) is 4.39 Å². The minimum absolute atomic E-state index is 0.0584. The fourth-order valence-corrected chi connectivity index (χ4v) is 3.79. The molecule has 0 unspecified atom stereocenters. The van der Waals surface area contributed by atoms with Crippen LogP contribution < -0.4 is 5.56 Å². The van der Waals surface area contributed by atoms with Gasteiger partial charge in [-0.25, -0.2) is 4.39 Å². The Labute approximate surface area is 175 Å². The maximum absolute atomic E-state index is 13.6. The molecule has 1 aliphatic rings. The standard InChI is InChI=1S/C23H28FN3O3/c1-23(2)12-19-17(20(28)13-23)11-18(21(29)25-19)22(30)27(9-8-26(3)4)14-15-6-5-7-16(24)10-15/h5-7,10-11H,8-9,12-14H2,1-4H3,(H,25,29). The van der Waals surface area contributed by atoms with Gasteiger partial charge in [0, 0.05) is 37.3 Å². The van der Waals surface area contributed by atoms with Crippen LogP contribution >= 0.6 is 0 Å². The van der Waals surface area contributed by atoms with Crippen LogP contribution in [0.3, 0.4) is 0 Å². The average Bonchev–Trinajstić information content (AvgIpc) is 2.63. The van der Waals surface area contributed by atoms with Crippen molar-refractivity contribution in [3.8, 4) is 0 Å². The van der Waals surface area contributed by atoms with Crippen molar-refractivity contribution in [2.75, 3.05) is 27.2 Å². The average molecular weight is 413 g/mol. The topological polar surface area (TPSA) is 73.5 Å². The molecule has 1 N–H and O–H groups in total. The summed E-state index contributed by atoms with van der Waals surface area (Å²) < 4.78 is 13.6. The first-order valence-electron chi connectivity index (χ1n) is 10.0. The van der Waals surface area contributed by atoms with E-state index < -0.39 is 11.5 Å². The van der Waals surface area contributed by atoms with Gasteiger partial charge in [0.1, 0.15) is 11.4 Å². The number of halogens is 1. The Kier molecular flexibility index (Phi) is 6.22. The summed E-state index contributed by atoms with van der Waals surface area (Å²) in [5.41, 5.74) is 0.844. The summed E-state index contributed by atoms with van der Waals surface area (Å²) in [4.78, 5) is 44.8. The fourth-order valence-electron chi connectivity index (χ4n) is 3.79. The predicted octanol–water partition coefficient (Wildman–Crippen LogP) is 2.87. The number of carbonyl (C=O) groups excluding carboxylic acids is 2. The van der Waals surface area contributed by atoms with Gasteiger partial charge in [0.2, 0.25) is 0 Å². The van der Waals surface area contributed by atoms with Crippen molar-refractivity contribution >= 4 is 11.7 Å². The Bertz CT molecular complexity index is 1030. The zero-order chi connectivity index (χ0) is 22.1. The first-order chi connectivity index (χ1) is 14.1. The third-order valence-corrected chi connectivity index (χ3v) is 5.31. The molecule has 0 fully saturated rings. The number of amides is 1. The number of fused-ring (bicyclic) bond motifs is 1. The highest BCUT2D eigenvalue weighted by Crippen LogP contribution is 2.33. The lowest BCUT2D eigenvalue weighted by Crippen LogP contribution is -2.40. The van der Waals surface area contributed by atoms with Crippen LogP contribution in [0, 0.1) is 11.2 Å². The molecule has 160 valence electrons. The maximum atomic E-state index is 13.6. The van der Waals surface area contributed by atoms with E-state index in [1.165, 1.54) is 23.1 Å². The van der Waals surface area contributed by atoms with E-state index in [2.05, 4.69) is 4.98 Å². The molecule has 0 spiro atoms. The third kappa shape index (κ3) is 5.02. The quantitative estimate of drug-likeness (QED) is 0.790. The van der Waals surface area contributed by atoms with Crippen molar-refractivity contribution in [2.24, 2.45) is 5.41 Å². The number of benzene rings is 1. The number of hydrogen-bond acceptors (Lipinski definition) is 4. The molecule has 1 aromatic carbocycles. The predicted molar refractivity (Wildman–Crippen MR) is 113 cm³/mol. The minimum atomic E-state index is -0.502. The number of pyridine rings is 1. The molecule has 1 amide bonds. The second kappa shape index (κ2) is 8.52. The molecule has 0 bridgehead atoms. The first-order valence-corrected chi connectivity index (χ1v) is 10.0. The number of H-pyrrole nitrogens is 1. The van der Waals surface area contributed by atoms with Gasteiger partial charge >= 0.3 is 0 Å². The van der Waals surface area contributed by atoms with Gasteiger partial charge < -0.3 is 14.8 Å². The van der Waals surface area contributed by atoms with Gasteiger partial charge in [-0.2, -0.15) is 0 Å². The van der Waals surface area contributed by atoms with E-state index in [1.54, 1.807) is 12.1 Å². The van der Waals surface area contributed by atoms with Gasteiger partial charge in [0.25, 0.3) is 11.5 Å². The molecule has 1 aromatic heterocycles. The van der Waals surface area contributed by atoms with Crippen molar-refractivity contribution in [1.82, 2.24) is 14.8 Å². The van der Waals surface area contributed by atoms with E-state index in [0.717, 1.165) is 0 Å². The van der Waals surface area contributed by atoms with Crippen LogP contribution in [0.1, 0.15) is 52.2 Å². The summed E-state index contributed by atoms with van der Waals surface area (Å²) in [6.45, 7) is 5.07. The molecular weight excluding hydrogens is 385 g/mol. The SMILES string of the molecule is CN(C)CCN(Cc1cccc(F)c1)C(=O)c1cc2c([nH]c1=O)CC(C)(C)CC2=O. The zero-order valence-electron chi connectivity index (χ0n) is 17.9. The van der Waals surface area contributed by atoms with Crippen molar-refractivity contribution in [2.45, 2.75) is 33.2 Å². The summed E-state index contributed by atoms with van der Waals surface area (Å²) in [6, 6.07) is 7.48. The molecule has 0 radical (unpaired) electrons. The Morgan fingerprint density at radius 3 is 2.53 bits per heavy atom. The fraction of sp³-hybridized carbons (Fsp3) is 0.435. The number of ketones is 1. The second-order valence-corrected chi connectivity index (χ2v) is 9.01. The van der Waals surface area contributed by atoms with Crippen LogP contribution in [0.15, 0.2) is 35.1 Å². The largest absolute Gasteiger partial charge is 0.333 e. The number of aromatic amines is 1. The summed E-state index contributed by atoms with van der Waals surface area (Å²) in [5.74, 6) is -0.924. The van der Waals surface area contributed by atoms with Crippen LogP contribution in [-0.2, 0) is 13.0 Å². The maximum Gasteiger partial charge on any atom is 0.261 e. The van der Waals surface area contributed by atoms with Crippen molar-refractivity contribution in [1.29, 1.82) is 0 Å². The van der Waals surface area contributed by atoms with Crippen LogP contribution in [0.2, 0.25) is 0 Å². The monoisotopic (exact) mass is 413 g/mol. The summed E-state index contributed by atoms with van der Waals surface area (Å²) in [5, 5.41) is 0. The zero-order valence-corrected chi connectivity index (χ0v) is 17.9. The van der Waals surface area contributed by atoms with E-state index in [4.69, 9.17) is 0 Å². The molecule has 0 saturated heterocycles. The number of Topliss-reactive ketones (excluding diaryl/α,β-unsaturated/α-hetero) is 1. The van der Waals surface area contributed by atoms with Crippen molar-refractivity contribution in [3.05, 3.63) is 68.9 Å². The number of rotatable bonds is 6. The molecule has 3 rings (SSSR count). The van der Waals surface area contributed by atoms with Crippen LogP contribution in [0.25, 0.3) is 0 Å². The Hall–Kier alpha value is -2.80. The van der Waals surface area contributed by atoms with Gasteiger partial charge in [0.15, 0.2) is 5.78 Å². The molecule has 6 nitrogen and oxygen atoms in total. The molecule has 1 aliphatic carbocycles. The lowest BCUT2D eigenvalue weighted by molar-refractivity contribution is 0.0730. The molecular formula is C23H28FN3O3. The highest BCUT2D eigenvalue weighted by Gasteiger charge is 2.33. The second-order valence-electron chi connectivity index (χ2n) is 9.01. The normalized spacial score (nSPS) is 15.2. The molecule has 0 aliphatic heterocycles. The number of aromatic nitrogens is 1. The molecule has 30 heavy (non-hydrogen) atoms. The Morgan fingerprint density at radius 2 is 1.87 bits per heavy atom. The van der Waals surface area contributed by atoms with E-state index in [0.29, 0.717) is 42.8 Å². The molecule has 7 heteroatoms. The molecule has 0 atom stereocenters. The van der Waals surface area contributed by atoms with Crippen molar-refractivity contribution in [3.63, 3.8) is 0 Å².